The predicted molar refractivity (Wildman–Crippen MR) is 150 cm³/mol. The Balaban J connectivity index is 1.36. The summed E-state index contributed by atoms with van der Waals surface area (Å²) in [5, 5.41) is 22.3. The molecule has 6 aromatic rings. The van der Waals surface area contributed by atoms with Crippen molar-refractivity contribution in [3.63, 3.8) is 0 Å². The highest BCUT2D eigenvalue weighted by molar-refractivity contribution is 5.93. The minimum atomic E-state index is -4.44. The smallest absolute Gasteiger partial charge is 0.288 e. The number of benzene rings is 4. The molecular formula is C31H23F3N6O2. The third-order valence-electron chi connectivity index (χ3n) is 6.92. The number of aromatic nitrogens is 5. The number of carbonyl (C=O) groups excluding carboxylic acids is 1. The summed E-state index contributed by atoms with van der Waals surface area (Å²) >= 11 is 0. The number of fused-ring (bicyclic) bond motifs is 1. The molecule has 11 heteroatoms. The zero-order valence-corrected chi connectivity index (χ0v) is 22.0. The number of nitrogens with zero attached hydrogens (tertiary/aromatic N) is 5. The van der Waals surface area contributed by atoms with Crippen LogP contribution in [-0.4, -0.2) is 35.9 Å². The van der Waals surface area contributed by atoms with Gasteiger partial charge in [-0.15, -0.1) is 5.10 Å². The minimum absolute atomic E-state index is 0.277. The van der Waals surface area contributed by atoms with E-state index >= 15 is 0 Å². The van der Waals surface area contributed by atoms with Crippen LogP contribution in [0.3, 0.4) is 0 Å². The van der Waals surface area contributed by atoms with Crippen LogP contribution in [0.2, 0.25) is 0 Å². The first-order valence-corrected chi connectivity index (χ1v) is 12.9. The molecule has 0 aliphatic carbocycles. The highest BCUT2D eigenvalue weighted by Gasteiger charge is 2.30. The molecule has 6 rings (SSSR count). The average molecular weight is 569 g/mol. The molecule has 2 aromatic heterocycles. The summed E-state index contributed by atoms with van der Waals surface area (Å²) in [5.41, 5.74) is 7.14. The van der Waals surface area contributed by atoms with Crippen LogP contribution in [0.1, 0.15) is 27.0 Å². The van der Waals surface area contributed by atoms with E-state index in [4.69, 9.17) is 10.3 Å². The molecule has 0 bridgehead atoms. The molecule has 0 aliphatic heterocycles. The van der Waals surface area contributed by atoms with E-state index in [0.29, 0.717) is 29.0 Å². The number of hydroxylamine groups is 1. The first-order chi connectivity index (χ1) is 20.3. The van der Waals surface area contributed by atoms with Crippen molar-refractivity contribution in [3.05, 3.63) is 125 Å². The van der Waals surface area contributed by atoms with Gasteiger partial charge in [0.1, 0.15) is 5.52 Å². The molecule has 2 N–H and O–H groups in total. The van der Waals surface area contributed by atoms with Gasteiger partial charge in [-0.1, -0.05) is 65.9 Å². The summed E-state index contributed by atoms with van der Waals surface area (Å²) in [4.78, 5) is 11.7. The molecule has 0 saturated heterocycles. The van der Waals surface area contributed by atoms with Crippen molar-refractivity contribution in [3.8, 4) is 22.5 Å². The number of hydrogen-bond acceptors (Lipinski definition) is 5. The van der Waals surface area contributed by atoms with E-state index in [2.05, 4.69) is 10.3 Å². The molecule has 210 valence electrons. The van der Waals surface area contributed by atoms with Gasteiger partial charge in [-0.05, 0) is 59.2 Å². The van der Waals surface area contributed by atoms with Gasteiger partial charge in [-0.3, -0.25) is 14.7 Å². The van der Waals surface area contributed by atoms with Crippen molar-refractivity contribution in [1.82, 2.24) is 30.3 Å². The second kappa shape index (κ2) is 10.9. The maximum atomic E-state index is 13.2. The lowest BCUT2D eigenvalue weighted by molar-refractivity contribution is -0.137. The standard InChI is InChI=1S/C31H23F3N6O2/c32-31(33,34)25-13-10-22(11-14-25)29-17-26(36-39(29)18-21-6-8-23(9-7-21)30(41)37-42)24-12-15-28-27(16-24)35-38-40(28)19-20-4-2-1-3-5-20/h1-17,42H,18-19H2,(H,37,41). The minimum Gasteiger partial charge on any atom is -0.288 e. The normalized spacial score (nSPS) is 11.6. The first-order valence-electron chi connectivity index (χ1n) is 12.9. The van der Waals surface area contributed by atoms with Gasteiger partial charge in [0.2, 0.25) is 0 Å². The highest BCUT2D eigenvalue weighted by atomic mass is 19.4. The van der Waals surface area contributed by atoms with Crippen LogP contribution >= 0.6 is 0 Å². The molecule has 1 amide bonds. The summed E-state index contributed by atoms with van der Waals surface area (Å²) in [6.07, 6.45) is -4.44. The monoisotopic (exact) mass is 568 g/mol. The van der Waals surface area contributed by atoms with Gasteiger partial charge in [0.05, 0.1) is 35.6 Å². The molecule has 0 aliphatic rings. The van der Waals surface area contributed by atoms with Gasteiger partial charge in [0.25, 0.3) is 5.91 Å². The van der Waals surface area contributed by atoms with E-state index in [0.717, 1.165) is 34.3 Å². The molecule has 2 heterocycles. The lowest BCUT2D eigenvalue weighted by Crippen LogP contribution is -2.18. The van der Waals surface area contributed by atoms with Crippen molar-refractivity contribution in [2.45, 2.75) is 19.3 Å². The maximum absolute atomic E-state index is 13.2. The van der Waals surface area contributed by atoms with Crippen LogP contribution < -0.4 is 5.48 Å². The van der Waals surface area contributed by atoms with E-state index in [1.807, 2.05) is 59.3 Å². The number of hydrogen-bond donors (Lipinski definition) is 2. The molecule has 8 nitrogen and oxygen atoms in total. The van der Waals surface area contributed by atoms with Crippen LogP contribution in [0.25, 0.3) is 33.5 Å². The van der Waals surface area contributed by atoms with Crippen LogP contribution in [0, 0.1) is 0 Å². The van der Waals surface area contributed by atoms with E-state index in [9.17, 15) is 18.0 Å². The number of rotatable bonds is 7. The van der Waals surface area contributed by atoms with Crippen LogP contribution in [-0.2, 0) is 19.3 Å². The molecule has 4 aromatic carbocycles. The highest BCUT2D eigenvalue weighted by Crippen LogP contribution is 2.33. The molecule has 42 heavy (non-hydrogen) atoms. The lowest BCUT2D eigenvalue weighted by Gasteiger charge is -2.10. The Morgan fingerprint density at radius 3 is 2.14 bits per heavy atom. The first kappa shape index (κ1) is 26.9. The van der Waals surface area contributed by atoms with Gasteiger partial charge < -0.3 is 0 Å². The zero-order valence-electron chi connectivity index (χ0n) is 22.0. The fourth-order valence-electron chi connectivity index (χ4n) is 4.74. The second-order valence-corrected chi connectivity index (χ2v) is 9.72. The Hall–Kier alpha value is -5.29. The summed E-state index contributed by atoms with van der Waals surface area (Å²) in [6.45, 7) is 0.856. The fourth-order valence-corrected chi connectivity index (χ4v) is 4.74. The topological polar surface area (TPSA) is 97.9 Å². The van der Waals surface area contributed by atoms with Crippen molar-refractivity contribution in [2.24, 2.45) is 0 Å². The molecular weight excluding hydrogens is 545 g/mol. The van der Waals surface area contributed by atoms with Crippen LogP contribution in [0.5, 0.6) is 0 Å². The van der Waals surface area contributed by atoms with Gasteiger partial charge >= 0.3 is 6.18 Å². The SMILES string of the molecule is O=C(NO)c1ccc(Cn2nc(-c3ccc4c(c3)nnn4Cc3ccccc3)cc2-c2ccc(C(F)(F)F)cc2)cc1. The number of amides is 1. The summed E-state index contributed by atoms with van der Waals surface area (Å²) < 4.78 is 43.1. The van der Waals surface area contributed by atoms with E-state index < -0.39 is 17.6 Å². The van der Waals surface area contributed by atoms with Crippen molar-refractivity contribution < 1.29 is 23.2 Å². The average Bonchev–Trinajstić information content (AvgIpc) is 3.61. The Bertz CT molecular complexity index is 1860. The van der Waals surface area contributed by atoms with Gasteiger partial charge in [-0.2, -0.15) is 18.3 Å². The second-order valence-electron chi connectivity index (χ2n) is 9.72. The number of halogens is 3. The van der Waals surface area contributed by atoms with Gasteiger partial charge in [0, 0.05) is 11.1 Å². The number of alkyl halides is 3. The summed E-state index contributed by atoms with van der Waals surface area (Å²) in [6, 6.07) is 29.0. The Morgan fingerprint density at radius 1 is 0.786 bits per heavy atom. The van der Waals surface area contributed by atoms with E-state index in [1.54, 1.807) is 34.4 Å². The third-order valence-corrected chi connectivity index (χ3v) is 6.92. The maximum Gasteiger partial charge on any atom is 0.416 e. The quantitative estimate of drug-likeness (QED) is 0.177. The van der Waals surface area contributed by atoms with Crippen molar-refractivity contribution >= 4 is 16.9 Å². The fraction of sp³-hybridized carbons (Fsp3) is 0.0968. The third kappa shape index (κ3) is 5.50. The number of nitrogens with one attached hydrogen (secondary N) is 1. The Morgan fingerprint density at radius 2 is 1.45 bits per heavy atom. The predicted octanol–water partition coefficient (Wildman–Crippen LogP) is 6.20. The Kier molecular flexibility index (Phi) is 7.01. The molecule has 0 atom stereocenters. The summed E-state index contributed by atoms with van der Waals surface area (Å²) in [5.74, 6) is -0.635. The zero-order chi connectivity index (χ0) is 29.3. The molecule has 0 radical (unpaired) electrons. The van der Waals surface area contributed by atoms with Gasteiger partial charge in [-0.25, -0.2) is 10.2 Å². The summed E-state index contributed by atoms with van der Waals surface area (Å²) in [7, 11) is 0. The molecule has 0 unspecified atom stereocenters. The van der Waals surface area contributed by atoms with Crippen LogP contribution in [0.4, 0.5) is 13.2 Å². The largest absolute Gasteiger partial charge is 0.416 e. The Labute approximate surface area is 237 Å². The van der Waals surface area contributed by atoms with E-state index in [-0.39, 0.29) is 12.1 Å². The molecule has 0 fully saturated rings. The van der Waals surface area contributed by atoms with Crippen molar-refractivity contribution in [2.75, 3.05) is 0 Å². The van der Waals surface area contributed by atoms with E-state index in [1.165, 1.54) is 12.1 Å². The van der Waals surface area contributed by atoms with Crippen LogP contribution in [0.15, 0.2) is 103 Å². The lowest BCUT2D eigenvalue weighted by atomic mass is 10.1. The molecule has 0 saturated carbocycles. The van der Waals surface area contributed by atoms with Crippen molar-refractivity contribution in [1.29, 1.82) is 0 Å². The van der Waals surface area contributed by atoms with Gasteiger partial charge in [0.15, 0.2) is 0 Å². The molecule has 0 spiro atoms. The number of carbonyl (C=O) groups is 1.